The molecule has 1 aliphatic heterocycles. The van der Waals surface area contributed by atoms with Crippen molar-refractivity contribution < 1.29 is 19.1 Å². The maximum absolute atomic E-state index is 12.7. The number of carbonyl (C=O) groups is 2. The molecule has 2 amide bonds. The normalized spacial score (nSPS) is 16.0. The first-order chi connectivity index (χ1) is 13.9. The van der Waals surface area contributed by atoms with Gasteiger partial charge in [-0.3, -0.25) is 14.5 Å². The second-order valence-corrected chi connectivity index (χ2v) is 7.79. The zero-order valence-corrected chi connectivity index (χ0v) is 18.1. The van der Waals surface area contributed by atoms with Crippen LogP contribution in [0.2, 0.25) is 0 Å². The number of hydrogen-bond acceptors (Lipinski definition) is 5. The topological polar surface area (TPSA) is 71.1 Å². The molecule has 0 radical (unpaired) electrons. The van der Waals surface area contributed by atoms with Crippen LogP contribution < -0.4 is 10.1 Å². The quantitative estimate of drug-likeness (QED) is 0.602. The van der Waals surface area contributed by atoms with Gasteiger partial charge in [0.2, 0.25) is 5.91 Å². The third-order valence-electron chi connectivity index (χ3n) is 5.08. The fourth-order valence-electron chi connectivity index (χ4n) is 3.29. The van der Waals surface area contributed by atoms with Crippen LogP contribution in [0.5, 0.6) is 5.75 Å². The second kappa shape index (κ2) is 11.8. The molecule has 1 atom stereocenters. The summed E-state index contributed by atoms with van der Waals surface area (Å²) in [6.45, 7) is 10.3. The fourth-order valence-corrected chi connectivity index (χ4v) is 3.29. The van der Waals surface area contributed by atoms with E-state index in [-0.39, 0.29) is 11.8 Å². The van der Waals surface area contributed by atoms with Crippen LogP contribution in [0, 0.1) is 0 Å². The minimum absolute atomic E-state index is 0.0105. The molecular formula is C22H35N3O4. The van der Waals surface area contributed by atoms with Crippen LogP contribution in [0.1, 0.15) is 38.7 Å². The Kier molecular flexibility index (Phi) is 9.41. The average molecular weight is 406 g/mol. The number of ether oxygens (including phenoxy) is 2. The number of methoxy groups -OCH3 is 1. The third kappa shape index (κ3) is 7.66. The number of nitrogens with zero attached hydrogens (tertiary/aromatic N) is 2. The van der Waals surface area contributed by atoms with E-state index < -0.39 is 6.10 Å². The Morgan fingerprint density at radius 3 is 2.52 bits per heavy atom. The summed E-state index contributed by atoms with van der Waals surface area (Å²) in [7, 11) is 1.65. The van der Waals surface area contributed by atoms with E-state index in [0.29, 0.717) is 51.8 Å². The molecule has 1 saturated heterocycles. The van der Waals surface area contributed by atoms with Gasteiger partial charge in [-0.05, 0) is 37.0 Å². The number of nitrogens with one attached hydrogen (secondary N) is 1. The highest BCUT2D eigenvalue weighted by Gasteiger charge is 2.26. The largest absolute Gasteiger partial charge is 0.481 e. The molecular weight excluding hydrogens is 370 g/mol. The van der Waals surface area contributed by atoms with E-state index in [2.05, 4.69) is 30.1 Å². The number of amides is 2. The van der Waals surface area contributed by atoms with Crippen LogP contribution in [-0.4, -0.2) is 80.7 Å². The van der Waals surface area contributed by atoms with E-state index in [9.17, 15) is 9.59 Å². The Bertz CT molecular complexity index is 657. The van der Waals surface area contributed by atoms with Crippen molar-refractivity contribution in [1.82, 2.24) is 15.1 Å². The fraction of sp³-hybridized carbons (Fsp3) is 0.636. The Morgan fingerprint density at radius 2 is 1.86 bits per heavy atom. The highest BCUT2D eigenvalue weighted by Crippen LogP contribution is 2.21. The maximum atomic E-state index is 12.7. The third-order valence-corrected chi connectivity index (χ3v) is 5.08. The van der Waals surface area contributed by atoms with Crippen LogP contribution >= 0.6 is 0 Å². The van der Waals surface area contributed by atoms with E-state index in [1.807, 2.05) is 23.1 Å². The Hall–Kier alpha value is -2.12. The molecule has 7 heteroatoms. The van der Waals surface area contributed by atoms with Crippen molar-refractivity contribution in [3.8, 4) is 5.75 Å². The number of carbonyl (C=O) groups excluding carboxylic acids is 2. The van der Waals surface area contributed by atoms with E-state index in [1.54, 1.807) is 14.0 Å². The van der Waals surface area contributed by atoms with Crippen molar-refractivity contribution in [3.05, 3.63) is 29.8 Å². The molecule has 1 aromatic carbocycles. The zero-order valence-electron chi connectivity index (χ0n) is 18.1. The Balaban J connectivity index is 1.74. The van der Waals surface area contributed by atoms with Crippen molar-refractivity contribution in [2.75, 3.05) is 53.0 Å². The first-order valence-corrected chi connectivity index (χ1v) is 10.4. The van der Waals surface area contributed by atoms with Crippen molar-refractivity contribution >= 4 is 11.8 Å². The molecule has 0 bridgehead atoms. The van der Waals surface area contributed by atoms with Gasteiger partial charge in [-0.15, -0.1) is 0 Å². The highest BCUT2D eigenvalue weighted by molar-refractivity contribution is 5.81. The highest BCUT2D eigenvalue weighted by atomic mass is 16.5. The first kappa shape index (κ1) is 23.2. The predicted octanol–water partition coefficient (Wildman–Crippen LogP) is 1.87. The van der Waals surface area contributed by atoms with E-state index in [4.69, 9.17) is 9.47 Å². The minimum Gasteiger partial charge on any atom is -0.481 e. The summed E-state index contributed by atoms with van der Waals surface area (Å²) in [4.78, 5) is 28.6. The van der Waals surface area contributed by atoms with E-state index in [1.165, 1.54) is 5.56 Å². The smallest absolute Gasteiger partial charge is 0.263 e. The molecule has 1 aromatic rings. The molecule has 1 heterocycles. The molecule has 0 spiro atoms. The zero-order chi connectivity index (χ0) is 21.2. The van der Waals surface area contributed by atoms with Gasteiger partial charge in [0.1, 0.15) is 5.75 Å². The number of rotatable bonds is 10. The minimum atomic E-state index is -0.534. The number of piperazine rings is 1. The first-order valence-electron chi connectivity index (χ1n) is 10.4. The van der Waals surface area contributed by atoms with Gasteiger partial charge in [0.15, 0.2) is 6.10 Å². The van der Waals surface area contributed by atoms with Crippen LogP contribution in [0.3, 0.4) is 0 Å². The molecule has 0 aliphatic carbocycles. The van der Waals surface area contributed by atoms with Crippen molar-refractivity contribution in [2.45, 2.75) is 39.2 Å². The van der Waals surface area contributed by atoms with Crippen LogP contribution in [0.25, 0.3) is 0 Å². The lowest BCUT2D eigenvalue weighted by Gasteiger charge is -2.35. The van der Waals surface area contributed by atoms with Crippen LogP contribution in [-0.2, 0) is 14.3 Å². The molecule has 0 aromatic heterocycles. The maximum Gasteiger partial charge on any atom is 0.263 e. The van der Waals surface area contributed by atoms with Gasteiger partial charge >= 0.3 is 0 Å². The van der Waals surface area contributed by atoms with Crippen LogP contribution in [0.15, 0.2) is 24.3 Å². The molecule has 162 valence electrons. The molecule has 1 aliphatic rings. The Labute approximate surface area is 174 Å². The van der Waals surface area contributed by atoms with Crippen molar-refractivity contribution in [2.24, 2.45) is 0 Å². The van der Waals surface area contributed by atoms with E-state index >= 15 is 0 Å². The van der Waals surface area contributed by atoms with Crippen molar-refractivity contribution in [1.29, 1.82) is 0 Å². The van der Waals surface area contributed by atoms with E-state index in [0.717, 1.165) is 12.2 Å². The van der Waals surface area contributed by atoms with Gasteiger partial charge in [-0.2, -0.15) is 0 Å². The van der Waals surface area contributed by atoms with Crippen LogP contribution in [0.4, 0.5) is 0 Å². The summed E-state index contributed by atoms with van der Waals surface area (Å²) in [6, 6.07) is 7.91. The second-order valence-electron chi connectivity index (χ2n) is 7.79. The van der Waals surface area contributed by atoms with Gasteiger partial charge < -0.3 is 19.7 Å². The lowest BCUT2D eigenvalue weighted by Crippen LogP contribution is -2.53. The summed E-state index contributed by atoms with van der Waals surface area (Å²) in [5.74, 6) is 1.14. The molecule has 7 nitrogen and oxygen atoms in total. The van der Waals surface area contributed by atoms with Gasteiger partial charge in [-0.25, -0.2) is 0 Å². The standard InChI is InChI=1S/C22H35N3O4/c1-17(2)19-7-5-8-20(15-19)29-18(3)22(27)25-12-10-24(11-13-25)16-21(26)23-9-6-14-28-4/h5,7-8,15,17-18H,6,9-14,16H2,1-4H3,(H,23,26). The molecule has 1 unspecified atom stereocenters. The molecule has 0 saturated carbocycles. The summed E-state index contributed by atoms with van der Waals surface area (Å²) in [5, 5.41) is 2.90. The molecule has 29 heavy (non-hydrogen) atoms. The average Bonchev–Trinajstić information content (AvgIpc) is 2.71. The molecule has 1 N–H and O–H groups in total. The van der Waals surface area contributed by atoms with Gasteiger partial charge in [-0.1, -0.05) is 26.0 Å². The predicted molar refractivity (Wildman–Crippen MR) is 113 cm³/mol. The lowest BCUT2D eigenvalue weighted by molar-refractivity contribution is -0.139. The van der Waals surface area contributed by atoms with Crippen molar-refractivity contribution in [3.63, 3.8) is 0 Å². The number of benzene rings is 1. The summed E-state index contributed by atoms with van der Waals surface area (Å²) < 4.78 is 10.9. The summed E-state index contributed by atoms with van der Waals surface area (Å²) in [5.41, 5.74) is 1.19. The SMILES string of the molecule is COCCCNC(=O)CN1CCN(C(=O)C(C)Oc2cccc(C(C)C)c2)CC1. The van der Waals surface area contributed by atoms with Gasteiger partial charge in [0, 0.05) is 46.4 Å². The van der Waals surface area contributed by atoms with Gasteiger partial charge in [0.25, 0.3) is 5.91 Å². The molecule has 2 rings (SSSR count). The summed E-state index contributed by atoms with van der Waals surface area (Å²) in [6.07, 6.45) is 0.274. The Morgan fingerprint density at radius 1 is 1.14 bits per heavy atom. The monoisotopic (exact) mass is 405 g/mol. The molecule has 1 fully saturated rings. The summed E-state index contributed by atoms with van der Waals surface area (Å²) >= 11 is 0. The lowest BCUT2D eigenvalue weighted by atomic mass is 10.0. The number of hydrogen-bond donors (Lipinski definition) is 1. The van der Waals surface area contributed by atoms with Gasteiger partial charge in [0.05, 0.1) is 6.54 Å².